The third kappa shape index (κ3) is 4.88. The molecule has 1 aromatic carbocycles. The molecule has 0 spiro atoms. The van der Waals surface area contributed by atoms with E-state index in [-0.39, 0.29) is 70.2 Å². The summed E-state index contributed by atoms with van der Waals surface area (Å²) in [6, 6.07) is 1.40. The van der Waals surface area contributed by atoms with Crippen molar-refractivity contribution < 1.29 is 87.1 Å². The second-order valence-corrected chi connectivity index (χ2v) is 4.22. The summed E-state index contributed by atoms with van der Waals surface area (Å²) < 4.78 is 31.8. The zero-order valence-corrected chi connectivity index (χ0v) is 14.4. The monoisotopic (exact) mass is 276 g/mol. The molecule has 0 amide bonds. The van der Waals surface area contributed by atoms with Crippen molar-refractivity contribution >= 4 is 16.1 Å². The quantitative estimate of drug-likeness (QED) is 0.424. The van der Waals surface area contributed by atoms with Crippen LogP contribution in [-0.4, -0.2) is 24.0 Å². The van der Waals surface area contributed by atoms with E-state index in [2.05, 4.69) is 0 Å². The third-order valence-corrected chi connectivity index (χ3v) is 2.65. The van der Waals surface area contributed by atoms with Gasteiger partial charge in [-0.05, 0) is 18.6 Å². The van der Waals surface area contributed by atoms with Gasteiger partial charge in [0.2, 0.25) is 0 Å². The van der Waals surface area contributed by atoms with Crippen LogP contribution in [0.4, 0.5) is 0 Å². The van der Waals surface area contributed by atoms with E-state index in [0.717, 1.165) is 6.07 Å². The van der Waals surface area contributed by atoms with Crippen LogP contribution in [0, 0.1) is 6.92 Å². The van der Waals surface area contributed by atoms with E-state index in [1.54, 1.807) is 0 Å². The van der Waals surface area contributed by atoms with Crippen molar-refractivity contribution in [3.8, 4) is 5.75 Å². The number of carboxylic acid groups (broad SMARTS) is 1. The maximum Gasteiger partial charge on any atom is 1.00 e. The Morgan fingerprint density at radius 2 is 1.76 bits per heavy atom. The Hall–Kier alpha value is 0.400. The molecular weight excluding hydrogens is 270 g/mol. The summed E-state index contributed by atoms with van der Waals surface area (Å²) in [7, 11) is -4.93. The minimum Gasteiger partial charge on any atom is -0.872 e. The van der Waals surface area contributed by atoms with Gasteiger partial charge in [-0.1, -0.05) is 11.8 Å². The molecule has 0 bridgehead atoms. The molecule has 1 N–H and O–H groups in total. The maximum atomic E-state index is 11.1. The van der Waals surface area contributed by atoms with Crippen LogP contribution in [-0.2, 0) is 10.1 Å². The van der Waals surface area contributed by atoms with Gasteiger partial charge in [-0.25, -0.2) is 13.2 Å². The van der Waals surface area contributed by atoms with Crippen molar-refractivity contribution in [3.05, 3.63) is 23.3 Å². The van der Waals surface area contributed by atoms with Crippen molar-refractivity contribution in [2.45, 2.75) is 11.8 Å². The molecule has 0 heterocycles. The molecule has 0 aliphatic heterocycles. The largest absolute Gasteiger partial charge is 1.00 e. The molecule has 82 valence electrons. The van der Waals surface area contributed by atoms with Crippen LogP contribution in [0.3, 0.4) is 0 Å². The molecule has 17 heavy (non-hydrogen) atoms. The Morgan fingerprint density at radius 1 is 1.29 bits per heavy atom. The van der Waals surface area contributed by atoms with Crippen molar-refractivity contribution in [3.63, 3.8) is 0 Å². The fourth-order valence-electron chi connectivity index (χ4n) is 1.09. The Bertz CT molecular complexity index is 525. The summed E-state index contributed by atoms with van der Waals surface area (Å²) in [5, 5.41) is 19.7. The molecular formula is C8H6Na2O6S. The zero-order valence-electron chi connectivity index (χ0n) is 9.55. The topological polar surface area (TPSA) is 118 Å². The van der Waals surface area contributed by atoms with Gasteiger partial charge in [-0.3, -0.25) is 0 Å². The van der Waals surface area contributed by atoms with Crippen molar-refractivity contribution in [2.75, 3.05) is 0 Å². The van der Waals surface area contributed by atoms with Crippen molar-refractivity contribution in [1.29, 1.82) is 0 Å². The Balaban J connectivity index is 0. The molecule has 9 heteroatoms. The van der Waals surface area contributed by atoms with Gasteiger partial charge in [0.15, 0.2) is 0 Å². The minimum absolute atomic E-state index is 0. The average Bonchev–Trinajstić information content (AvgIpc) is 2.00. The van der Waals surface area contributed by atoms with Crippen molar-refractivity contribution in [1.82, 2.24) is 0 Å². The first kappa shape index (κ1) is 19.7. The number of aromatic carboxylic acids is 1. The van der Waals surface area contributed by atoms with Crippen LogP contribution in [0.1, 0.15) is 15.9 Å². The normalized spacial score (nSPS) is 10.0. The van der Waals surface area contributed by atoms with Crippen LogP contribution in [0.25, 0.3) is 0 Å². The van der Waals surface area contributed by atoms with Gasteiger partial charge in [0.25, 0.3) is 0 Å². The van der Waals surface area contributed by atoms with Gasteiger partial charge in [0.1, 0.15) is 10.1 Å². The van der Waals surface area contributed by atoms with Crippen LogP contribution < -0.4 is 64.2 Å². The second kappa shape index (κ2) is 7.10. The smallest absolute Gasteiger partial charge is 0.872 e. The van der Waals surface area contributed by atoms with E-state index < -0.39 is 26.7 Å². The Morgan fingerprint density at radius 3 is 2.12 bits per heavy atom. The van der Waals surface area contributed by atoms with Gasteiger partial charge < -0.3 is 14.8 Å². The van der Waals surface area contributed by atoms with Crippen LogP contribution >= 0.6 is 0 Å². The first-order chi connectivity index (χ1) is 6.73. The number of carbonyl (C=O) groups is 1. The van der Waals surface area contributed by atoms with E-state index in [9.17, 15) is 22.9 Å². The van der Waals surface area contributed by atoms with Crippen LogP contribution in [0.2, 0.25) is 0 Å². The molecule has 0 aliphatic rings. The van der Waals surface area contributed by atoms with Crippen LogP contribution in [0.5, 0.6) is 5.75 Å². The number of hydrogen-bond donors (Lipinski definition) is 1. The summed E-state index contributed by atoms with van der Waals surface area (Å²) >= 11 is 0. The molecule has 0 aliphatic carbocycles. The number of rotatable bonds is 2. The standard InChI is InChI=1S/C8H8O6S.2Na/c1-4-2-6(9)7(15(12,13)14)3-5(4)8(10)11;;/h2-3,9H,1H3,(H,10,11)(H,12,13,14);;/q;2*+1/p-2. The molecule has 1 rings (SSSR count). The van der Waals surface area contributed by atoms with E-state index in [1.165, 1.54) is 6.92 Å². The van der Waals surface area contributed by atoms with E-state index in [4.69, 9.17) is 5.11 Å². The van der Waals surface area contributed by atoms with Crippen LogP contribution in [0.15, 0.2) is 17.0 Å². The molecule has 6 nitrogen and oxygen atoms in total. The SMILES string of the molecule is Cc1cc([O-])c(S(=O)(=O)[O-])cc1C(=O)O.[Na+].[Na+]. The number of aryl methyl sites for hydroxylation is 1. The fraction of sp³-hybridized carbons (Fsp3) is 0.125. The average molecular weight is 276 g/mol. The molecule has 0 fully saturated rings. The number of carboxylic acids is 1. The van der Waals surface area contributed by atoms with Crippen molar-refractivity contribution in [2.24, 2.45) is 0 Å². The summed E-state index contributed by atoms with van der Waals surface area (Å²) in [6.07, 6.45) is 0. The first-order valence-electron chi connectivity index (χ1n) is 3.74. The van der Waals surface area contributed by atoms with Gasteiger partial charge in [-0.15, -0.1) is 0 Å². The molecule has 1 aromatic rings. The van der Waals surface area contributed by atoms with Gasteiger partial charge in [-0.2, -0.15) is 0 Å². The summed E-state index contributed by atoms with van der Waals surface area (Å²) in [6.45, 7) is 1.34. The minimum atomic E-state index is -4.93. The second-order valence-electron chi connectivity index (χ2n) is 2.87. The maximum absolute atomic E-state index is 11.1. The molecule has 0 aromatic heterocycles. The summed E-state index contributed by atoms with van der Waals surface area (Å²) in [4.78, 5) is 9.58. The van der Waals surface area contributed by atoms with E-state index >= 15 is 0 Å². The predicted octanol–water partition coefficient (Wildman–Crippen LogP) is -6.32. The van der Waals surface area contributed by atoms with E-state index in [1.807, 2.05) is 0 Å². The number of benzene rings is 1. The molecule has 0 saturated carbocycles. The summed E-state index contributed by atoms with van der Waals surface area (Å²) in [5.74, 6) is -2.38. The van der Waals surface area contributed by atoms with Gasteiger partial charge in [0, 0.05) is 4.90 Å². The zero-order chi connectivity index (χ0) is 11.8. The Labute approximate surface area is 142 Å². The first-order valence-corrected chi connectivity index (χ1v) is 5.15. The van der Waals surface area contributed by atoms with Gasteiger partial charge in [0.05, 0.1) is 5.56 Å². The third-order valence-electron chi connectivity index (χ3n) is 1.79. The Kier molecular flexibility index (Phi) is 8.25. The van der Waals surface area contributed by atoms with Gasteiger partial charge >= 0.3 is 65.1 Å². The molecule has 0 saturated heterocycles. The number of hydrogen-bond acceptors (Lipinski definition) is 5. The summed E-state index contributed by atoms with van der Waals surface area (Å²) in [5.41, 5.74) is -0.260. The predicted molar refractivity (Wildman–Crippen MR) is 45.5 cm³/mol. The van der Waals surface area contributed by atoms with E-state index in [0.29, 0.717) is 6.07 Å². The fourth-order valence-corrected chi connectivity index (χ4v) is 1.65. The molecule has 0 unspecified atom stereocenters. The molecule has 0 atom stereocenters. The molecule has 0 radical (unpaired) electrons.